The topological polar surface area (TPSA) is 96.2 Å². The van der Waals surface area contributed by atoms with E-state index in [1.165, 1.54) is 9.47 Å². The number of nitrogens with two attached hydrogens (primary N) is 1. The molecule has 140 valence electrons. The Morgan fingerprint density at radius 1 is 1.31 bits per heavy atom. The number of rotatable bonds is 5. The number of hydrogen-bond donors (Lipinski definition) is 3. The summed E-state index contributed by atoms with van der Waals surface area (Å²) in [5, 5.41) is 4.02. The molecule has 0 saturated carbocycles. The van der Waals surface area contributed by atoms with Crippen molar-refractivity contribution in [2.75, 3.05) is 23.0 Å². The van der Waals surface area contributed by atoms with E-state index >= 15 is 0 Å². The molecule has 2 aromatic rings. The van der Waals surface area contributed by atoms with Gasteiger partial charge in [-0.3, -0.25) is 14.3 Å². The van der Waals surface area contributed by atoms with E-state index in [1.54, 1.807) is 25.2 Å². The monoisotopic (exact) mass is 415 g/mol. The quantitative estimate of drug-likeness (QED) is 0.649. The van der Waals surface area contributed by atoms with E-state index in [-0.39, 0.29) is 16.6 Å². The van der Waals surface area contributed by atoms with Crippen LogP contribution in [0.3, 0.4) is 0 Å². The van der Waals surface area contributed by atoms with Crippen molar-refractivity contribution < 1.29 is 0 Å². The zero-order valence-corrected chi connectivity index (χ0v) is 16.6. The van der Waals surface area contributed by atoms with Crippen LogP contribution in [0.15, 0.2) is 27.8 Å². The Kier molecular flexibility index (Phi) is 6.69. The SMILES string of the molecule is CCCCn1c(N)c(N(C)C(=S)Nc2cc(Cl)cc(Cl)c2)c(=O)[nH]c1=O. The largest absolute Gasteiger partial charge is 0.383 e. The van der Waals surface area contributed by atoms with Gasteiger partial charge in [0.25, 0.3) is 5.56 Å². The summed E-state index contributed by atoms with van der Waals surface area (Å²) < 4.78 is 1.33. The van der Waals surface area contributed by atoms with Crippen LogP contribution in [0, 0.1) is 0 Å². The maximum absolute atomic E-state index is 12.3. The summed E-state index contributed by atoms with van der Waals surface area (Å²) in [6, 6.07) is 4.88. The first kappa shape index (κ1) is 20.3. The summed E-state index contributed by atoms with van der Waals surface area (Å²) in [5.74, 6) is 0.0583. The van der Waals surface area contributed by atoms with Crippen molar-refractivity contribution in [2.24, 2.45) is 0 Å². The number of unbranched alkanes of at least 4 members (excludes halogenated alkanes) is 1. The van der Waals surface area contributed by atoms with Gasteiger partial charge in [0, 0.05) is 29.3 Å². The highest BCUT2D eigenvalue weighted by molar-refractivity contribution is 7.80. The number of halogens is 2. The fraction of sp³-hybridized carbons (Fsp3) is 0.312. The molecule has 1 heterocycles. The van der Waals surface area contributed by atoms with Crippen molar-refractivity contribution >= 4 is 57.7 Å². The summed E-state index contributed by atoms with van der Waals surface area (Å²) in [4.78, 5) is 28.0. The molecule has 0 atom stereocenters. The molecule has 0 saturated heterocycles. The molecule has 0 radical (unpaired) electrons. The number of thiocarbonyl (C=S) groups is 1. The van der Waals surface area contributed by atoms with Crippen molar-refractivity contribution in [3.05, 3.63) is 49.1 Å². The van der Waals surface area contributed by atoms with E-state index in [1.807, 2.05) is 6.92 Å². The predicted molar refractivity (Wildman–Crippen MR) is 112 cm³/mol. The van der Waals surface area contributed by atoms with Gasteiger partial charge in [-0.25, -0.2) is 4.79 Å². The normalized spacial score (nSPS) is 10.6. The van der Waals surface area contributed by atoms with Gasteiger partial charge >= 0.3 is 5.69 Å². The van der Waals surface area contributed by atoms with Crippen molar-refractivity contribution in [3.63, 3.8) is 0 Å². The first-order valence-corrected chi connectivity index (χ1v) is 9.04. The highest BCUT2D eigenvalue weighted by Crippen LogP contribution is 2.23. The number of hydrogen-bond acceptors (Lipinski definition) is 4. The van der Waals surface area contributed by atoms with Crippen LogP contribution in [-0.4, -0.2) is 21.7 Å². The van der Waals surface area contributed by atoms with Gasteiger partial charge in [0.15, 0.2) is 5.11 Å². The summed E-state index contributed by atoms with van der Waals surface area (Å²) in [6.07, 6.45) is 1.63. The van der Waals surface area contributed by atoms with Gasteiger partial charge in [0.1, 0.15) is 11.5 Å². The number of nitrogens with zero attached hydrogens (tertiary/aromatic N) is 2. The fourth-order valence-corrected chi connectivity index (χ4v) is 3.11. The number of nitrogens with one attached hydrogen (secondary N) is 2. The molecule has 0 aliphatic heterocycles. The molecule has 0 amide bonds. The maximum atomic E-state index is 12.3. The Morgan fingerprint density at radius 3 is 2.50 bits per heavy atom. The third kappa shape index (κ3) is 4.57. The van der Waals surface area contributed by atoms with Gasteiger partial charge in [0.05, 0.1) is 0 Å². The maximum Gasteiger partial charge on any atom is 0.330 e. The number of aromatic amines is 1. The zero-order chi connectivity index (χ0) is 19.4. The van der Waals surface area contributed by atoms with Crippen LogP contribution in [0.1, 0.15) is 19.8 Å². The molecular weight excluding hydrogens is 397 g/mol. The molecule has 0 aliphatic rings. The van der Waals surface area contributed by atoms with E-state index in [0.29, 0.717) is 22.3 Å². The molecule has 1 aromatic heterocycles. The van der Waals surface area contributed by atoms with Crippen LogP contribution in [0.4, 0.5) is 17.2 Å². The third-order valence-corrected chi connectivity index (χ3v) is 4.52. The lowest BCUT2D eigenvalue weighted by Crippen LogP contribution is -2.40. The van der Waals surface area contributed by atoms with E-state index in [9.17, 15) is 9.59 Å². The van der Waals surface area contributed by atoms with Crippen LogP contribution in [0.5, 0.6) is 0 Å². The Labute approximate surface area is 165 Å². The van der Waals surface area contributed by atoms with Gasteiger partial charge in [-0.05, 0) is 36.8 Å². The molecule has 4 N–H and O–H groups in total. The number of anilines is 3. The van der Waals surface area contributed by atoms with Gasteiger partial charge in [-0.15, -0.1) is 0 Å². The van der Waals surface area contributed by atoms with Gasteiger partial charge in [-0.2, -0.15) is 0 Å². The predicted octanol–water partition coefficient (Wildman–Crippen LogP) is 3.06. The summed E-state index contributed by atoms with van der Waals surface area (Å²) >= 11 is 17.3. The molecule has 1 aromatic carbocycles. The van der Waals surface area contributed by atoms with Gasteiger partial charge < -0.3 is 16.0 Å². The molecule has 7 nitrogen and oxygen atoms in total. The Hall–Kier alpha value is -2.03. The standard InChI is InChI=1S/C16H19Cl2N5O2S/c1-3-4-5-23-13(19)12(14(24)21-15(23)25)22(2)16(26)20-11-7-9(17)6-10(18)8-11/h6-8H,3-5,19H2,1-2H3,(H,20,26)(H,21,24,25). The fourth-order valence-electron chi connectivity index (χ4n) is 2.37. The molecule has 0 unspecified atom stereocenters. The van der Waals surface area contributed by atoms with E-state index < -0.39 is 11.2 Å². The van der Waals surface area contributed by atoms with Gasteiger partial charge in [-0.1, -0.05) is 36.5 Å². The van der Waals surface area contributed by atoms with Crippen molar-refractivity contribution in [1.29, 1.82) is 0 Å². The van der Waals surface area contributed by atoms with Crippen molar-refractivity contribution in [1.82, 2.24) is 9.55 Å². The van der Waals surface area contributed by atoms with Crippen molar-refractivity contribution in [2.45, 2.75) is 26.3 Å². The van der Waals surface area contributed by atoms with E-state index in [0.717, 1.165) is 12.8 Å². The van der Waals surface area contributed by atoms with E-state index in [4.69, 9.17) is 41.2 Å². The zero-order valence-electron chi connectivity index (χ0n) is 14.3. The average Bonchev–Trinajstić information content (AvgIpc) is 2.53. The summed E-state index contributed by atoms with van der Waals surface area (Å²) in [7, 11) is 1.58. The molecule has 0 bridgehead atoms. The number of aromatic nitrogens is 2. The number of nitrogen functional groups attached to an aromatic ring is 1. The second-order valence-electron chi connectivity index (χ2n) is 5.65. The highest BCUT2D eigenvalue weighted by atomic mass is 35.5. The minimum atomic E-state index is -0.615. The molecule has 0 aliphatic carbocycles. The summed E-state index contributed by atoms with van der Waals surface area (Å²) in [6.45, 7) is 2.40. The second kappa shape index (κ2) is 8.57. The van der Waals surface area contributed by atoms with E-state index in [2.05, 4.69) is 10.3 Å². The molecule has 2 rings (SSSR count). The number of benzene rings is 1. The smallest absolute Gasteiger partial charge is 0.330 e. The average molecular weight is 416 g/mol. The Balaban J connectivity index is 2.36. The molecule has 0 spiro atoms. The van der Waals surface area contributed by atoms with Crippen LogP contribution >= 0.6 is 35.4 Å². The Bertz CT molecular complexity index is 921. The third-order valence-electron chi connectivity index (χ3n) is 3.70. The van der Waals surface area contributed by atoms with Crippen LogP contribution in [0.25, 0.3) is 0 Å². The Morgan fingerprint density at radius 2 is 1.92 bits per heavy atom. The molecular formula is C16H19Cl2N5O2S. The second-order valence-corrected chi connectivity index (χ2v) is 6.91. The molecule has 0 fully saturated rings. The first-order chi connectivity index (χ1) is 12.2. The highest BCUT2D eigenvalue weighted by Gasteiger charge is 2.19. The molecule has 10 heteroatoms. The first-order valence-electron chi connectivity index (χ1n) is 7.88. The lowest BCUT2D eigenvalue weighted by Gasteiger charge is -2.23. The lowest BCUT2D eigenvalue weighted by molar-refractivity contribution is 0.605. The number of H-pyrrole nitrogens is 1. The molecule has 26 heavy (non-hydrogen) atoms. The van der Waals surface area contributed by atoms with Crippen LogP contribution in [-0.2, 0) is 6.54 Å². The minimum Gasteiger partial charge on any atom is -0.383 e. The van der Waals surface area contributed by atoms with Crippen molar-refractivity contribution in [3.8, 4) is 0 Å². The van der Waals surface area contributed by atoms with Gasteiger partial charge in [0.2, 0.25) is 0 Å². The lowest BCUT2D eigenvalue weighted by atomic mass is 10.3. The van der Waals surface area contributed by atoms with Crippen LogP contribution in [0.2, 0.25) is 10.0 Å². The minimum absolute atomic E-state index is 0.0583. The summed E-state index contributed by atoms with van der Waals surface area (Å²) in [5.41, 5.74) is 5.57. The van der Waals surface area contributed by atoms with Crippen LogP contribution < -0.4 is 27.2 Å².